The number of carboxylic acid groups (broad SMARTS) is 1. The van der Waals surface area contributed by atoms with Gasteiger partial charge in [-0.3, -0.25) is 4.79 Å². The third kappa shape index (κ3) is 3.29. The minimum absolute atomic E-state index is 0.307. The van der Waals surface area contributed by atoms with Gasteiger partial charge in [0.15, 0.2) is 0 Å². The Kier molecular flexibility index (Phi) is 4.39. The van der Waals surface area contributed by atoms with E-state index in [0.717, 1.165) is 19.5 Å². The lowest BCUT2D eigenvalue weighted by molar-refractivity contribution is -0.137. The van der Waals surface area contributed by atoms with Gasteiger partial charge >= 0.3 is 5.97 Å². The van der Waals surface area contributed by atoms with Gasteiger partial charge in [0.25, 0.3) is 0 Å². The van der Waals surface area contributed by atoms with E-state index in [0.29, 0.717) is 18.4 Å². The van der Waals surface area contributed by atoms with Gasteiger partial charge in [0.2, 0.25) is 0 Å². The van der Waals surface area contributed by atoms with Crippen LogP contribution in [0, 0.1) is 5.92 Å². The van der Waals surface area contributed by atoms with E-state index >= 15 is 0 Å². The van der Waals surface area contributed by atoms with Gasteiger partial charge in [0, 0.05) is 12.5 Å². The number of nitrogens with zero attached hydrogens (tertiary/aromatic N) is 1. The van der Waals surface area contributed by atoms with Crippen molar-refractivity contribution < 1.29 is 9.90 Å². The summed E-state index contributed by atoms with van der Waals surface area (Å²) in [5, 5.41) is 8.54. The van der Waals surface area contributed by atoms with Crippen LogP contribution in [0.25, 0.3) is 0 Å². The van der Waals surface area contributed by atoms with Crippen molar-refractivity contribution in [2.75, 3.05) is 13.1 Å². The molecule has 0 radical (unpaired) electrons. The molecule has 3 nitrogen and oxygen atoms in total. The van der Waals surface area contributed by atoms with Gasteiger partial charge in [-0.2, -0.15) is 0 Å². The second-order valence-electron chi connectivity index (χ2n) is 4.49. The molecule has 0 bridgehead atoms. The average Bonchev–Trinajstić information content (AvgIpc) is 2.51. The number of hydrogen-bond acceptors (Lipinski definition) is 2. The summed E-state index contributed by atoms with van der Waals surface area (Å²) in [7, 11) is 0. The molecule has 1 aliphatic heterocycles. The zero-order valence-electron chi connectivity index (χ0n) is 9.20. The molecule has 0 saturated carbocycles. The molecule has 0 aromatic rings. The SMILES string of the molecule is CC(C)C1CCCN1CCCC(=O)O. The number of likely N-dealkylation sites (tertiary alicyclic amines) is 1. The van der Waals surface area contributed by atoms with Gasteiger partial charge in [-0.25, -0.2) is 0 Å². The van der Waals surface area contributed by atoms with E-state index in [1.807, 2.05) is 0 Å². The minimum Gasteiger partial charge on any atom is -0.481 e. The molecule has 3 heteroatoms. The quantitative estimate of drug-likeness (QED) is 0.736. The lowest BCUT2D eigenvalue weighted by Gasteiger charge is -2.27. The first kappa shape index (κ1) is 11.5. The predicted molar refractivity (Wildman–Crippen MR) is 56.3 cm³/mol. The Morgan fingerprint density at radius 2 is 2.29 bits per heavy atom. The first-order valence-electron chi connectivity index (χ1n) is 5.57. The maximum absolute atomic E-state index is 10.4. The Labute approximate surface area is 86.1 Å². The fraction of sp³-hybridized carbons (Fsp3) is 0.909. The van der Waals surface area contributed by atoms with Crippen molar-refractivity contribution in [2.45, 2.75) is 45.6 Å². The smallest absolute Gasteiger partial charge is 0.303 e. The molecular weight excluding hydrogens is 178 g/mol. The van der Waals surface area contributed by atoms with Crippen LogP contribution in [-0.2, 0) is 4.79 Å². The van der Waals surface area contributed by atoms with E-state index < -0.39 is 5.97 Å². The van der Waals surface area contributed by atoms with Crippen molar-refractivity contribution in [3.63, 3.8) is 0 Å². The summed E-state index contributed by atoms with van der Waals surface area (Å²) in [5.41, 5.74) is 0. The molecule has 1 rings (SSSR count). The van der Waals surface area contributed by atoms with Crippen molar-refractivity contribution in [1.29, 1.82) is 0 Å². The molecular formula is C11H21NO2. The summed E-state index contributed by atoms with van der Waals surface area (Å²) in [6.07, 6.45) is 3.65. The number of aliphatic carboxylic acids is 1. The molecule has 1 heterocycles. The van der Waals surface area contributed by atoms with E-state index in [9.17, 15) is 4.79 Å². The molecule has 1 atom stereocenters. The molecule has 0 aromatic heterocycles. The molecule has 0 amide bonds. The predicted octanol–water partition coefficient (Wildman–Crippen LogP) is 1.97. The van der Waals surface area contributed by atoms with Crippen LogP contribution in [0.4, 0.5) is 0 Å². The third-order valence-corrected chi connectivity index (χ3v) is 3.02. The van der Waals surface area contributed by atoms with Crippen LogP contribution in [0.15, 0.2) is 0 Å². The second-order valence-corrected chi connectivity index (χ2v) is 4.49. The molecule has 82 valence electrons. The summed E-state index contributed by atoms with van der Waals surface area (Å²) in [6, 6.07) is 0.684. The fourth-order valence-electron chi connectivity index (χ4n) is 2.32. The van der Waals surface area contributed by atoms with Gasteiger partial charge in [0.1, 0.15) is 0 Å². The van der Waals surface area contributed by atoms with Gasteiger partial charge < -0.3 is 10.0 Å². The van der Waals surface area contributed by atoms with Gasteiger partial charge in [-0.1, -0.05) is 13.8 Å². The number of hydrogen-bond donors (Lipinski definition) is 1. The molecule has 1 saturated heterocycles. The monoisotopic (exact) mass is 199 g/mol. The Bertz CT molecular complexity index is 192. The molecule has 1 aliphatic rings. The van der Waals surface area contributed by atoms with Crippen molar-refractivity contribution in [3.8, 4) is 0 Å². The maximum atomic E-state index is 10.4. The molecule has 0 aromatic carbocycles. The number of carboxylic acids is 1. The highest BCUT2D eigenvalue weighted by molar-refractivity contribution is 5.66. The maximum Gasteiger partial charge on any atom is 0.303 e. The summed E-state index contributed by atoms with van der Waals surface area (Å²) in [4.78, 5) is 12.8. The van der Waals surface area contributed by atoms with Gasteiger partial charge in [-0.15, -0.1) is 0 Å². The topological polar surface area (TPSA) is 40.5 Å². The standard InChI is InChI=1S/C11H21NO2/c1-9(2)10-5-3-7-12(10)8-4-6-11(13)14/h9-10H,3-8H2,1-2H3,(H,13,14). The zero-order chi connectivity index (χ0) is 10.6. The highest BCUT2D eigenvalue weighted by Gasteiger charge is 2.26. The molecule has 1 fully saturated rings. The number of carbonyl (C=O) groups is 1. The van der Waals surface area contributed by atoms with Crippen LogP contribution in [0.5, 0.6) is 0 Å². The summed E-state index contributed by atoms with van der Waals surface area (Å²) < 4.78 is 0. The van der Waals surface area contributed by atoms with Crippen molar-refractivity contribution in [1.82, 2.24) is 4.90 Å². The Morgan fingerprint density at radius 1 is 1.57 bits per heavy atom. The highest BCUT2D eigenvalue weighted by atomic mass is 16.4. The molecule has 0 aliphatic carbocycles. The van der Waals surface area contributed by atoms with E-state index in [1.54, 1.807) is 0 Å². The van der Waals surface area contributed by atoms with Crippen LogP contribution in [0.3, 0.4) is 0 Å². The summed E-state index contributed by atoms with van der Waals surface area (Å²) >= 11 is 0. The van der Waals surface area contributed by atoms with Crippen LogP contribution >= 0.6 is 0 Å². The molecule has 14 heavy (non-hydrogen) atoms. The lowest BCUT2D eigenvalue weighted by Crippen LogP contribution is -2.34. The lowest BCUT2D eigenvalue weighted by atomic mass is 10.0. The molecule has 1 N–H and O–H groups in total. The van der Waals surface area contributed by atoms with Crippen LogP contribution in [0.1, 0.15) is 39.5 Å². The number of rotatable bonds is 5. The van der Waals surface area contributed by atoms with Crippen LogP contribution in [0.2, 0.25) is 0 Å². The largest absolute Gasteiger partial charge is 0.481 e. The fourth-order valence-corrected chi connectivity index (χ4v) is 2.32. The van der Waals surface area contributed by atoms with Crippen LogP contribution < -0.4 is 0 Å². The molecule has 1 unspecified atom stereocenters. The summed E-state index contributed by atoms with van der Waals surface area (Å²) in [6.45, 7) is 6.61. The first-order chi connectivity index (χ1) is 6.61. The second kappa shape index (κ2) is 5.35. The van der Waals surface area contributed by atoms with Gasteiger partial charge in [0.05, 0.1) is 0 Å². The van der Waals surface area contributed by atoms with E-state index in [2.05, 4.69) is 18.7 Å². The van der Waals surface area contributed by atoms with E-state index in [4.69, 9.17) is 5.11 Å². The zero-order valence-corrected chi connectivity index (χ0v) is 9.20. The molecule has 0 spiro atoms. The summed E-state index contributed by atoms with van der Waals surface area (Å²) in [5.74, 6) is 0.0209. The van der Waals surface area contributed by atoms with Crippen molar-refractivity contribution in [3.05, 3.63) is 0 Å². The third-order valence-electron chi connectivity index (χ3n) is 3.02. The van der Waals surface area contributed by atoms with E-state index in [-0.39, 0.29) is 0 Å². The minimum atomic E-state index is -0.676. The van der Waals surface area contributed by atoms with Crippen molar-refractivity contribution >= 4 is 5.97 Å². The average molecular weight is 199 g/mol. The van der Waals surface area contributed by atoms with Crippen LogP contribution in [-0.4, -0.2) is 35.1 Å². The highest BCUT2D eigenvalue weighted by Crippen LogP contribution is 2.23. The van der Waals surface area contributed by atoms with E-state index in [1.165, 1.54) is 12.8 Å². The Hall–Kier alpha value is -0.570. The van der Waals surface area contributed by atoms with Gasteiger partial charge in [-0.05, 0) is 38.3 Å². The first-order valence-corrected chi connectivity index (χ1v) is 5.57. The Balaban J connectivity index is 2.25. The Morgan fingerprint density at radius 3 is 2.86 bits per heavy atom. The van der Waals surface area contributed by atoms with Crippen molar-refractivity contribution in [2.24, 2.45) is 5.92 Å². The normalized spacial score (nSPS) is 23.2.